The van der Waals surface area contributed by atoms with Crippen LogP contribution in [0, 0.1) is 20.8 Å². The second-order valence-electron chi connectivity index (χ2n) is 7.85. The van der Waals surface area contributed by atoms with Gasteiger partial charge in [0.15, 0.2) is 0 Å². The third kappa shape index (κ3) is 5.46. The Labute approximate surface area is 193 Å². The van der Waals surface area contributed by atoms with Crippen molar-refractivity contribution in [3.63, 3.8) is 0 Å². The largest absolute Gasteiger partial charge is 0.462 e. The molecule has 3 rings (SSSR count). The fraction of sp³-hybridized carbons (Fsp3) is 0.280. The molecular weight excluding hydrogens is 420 g/mol. The average Bonchev–Trinajstić information content (AvgIpc) is 3.17. The Bertz CT molecular complexity index is 1180. The van der Waals surface area contributed by atoms with Gasteiger partial charge in [0, 0.05) is 18.3 Å². The highest BCUT2D eigenvalue weighted by Crippen LogP contribution is 2.18. The van der Waals surface area contributed by atoms with Gasteiger partial charge in [-0.15, -0.1) is 0 Å². The van der Waals surface area contributed by atoms with Crippen molar-refractivity contribution in [3.8, 4) is 5.69 Å². The van der Waals surface area contributed by atoms with E-state index in [0.717, 1.165) is 16.8 Å². The molecule has 1 N–H and O–H groups in total. The van der Waals surface area contributed by atoms with Crippen LogP contribution < -0.4 is 5.32 Å². The van der Waals surface area contributed by atoms with Crippen LogP contribution in [0.5, 0.6) is 0 Å². The van der Waals surface area contributed by atoms with Crippen LogP contribution in [0.2, 0.25) is 0 Å². The summed E-state index contributed by atoms with van der Waals surface area (Å²) in [5, 5.41) is 7.12. The third-order valence-electron chi connectivity index (χ3n) is 5.26. The third-order valence-corrected chi connectivity index (χ3v) is 5.26. The maximum Gasteiger partial charge on any atom is 0.341 e. The fourth-order valence-electron chi connectivity index (χ4n) is 3.39. The van der Waals surface area contributed by atoms with Gasteiger partial charge >= 0.3 is 5.97 Å². The minimum Gasteiger partial charge on any atom is -0.462 e. The summed E-state index contributed by atoms with van der Waals surface area (Å²) in [4.78, 5) is 38.6. The number of anilines is 1. The Hall–Kier alpha value is -3.94. The molecule has 0 atom stereocenters. The summed E-state index contributed by atoms with van der Waals surface area (Å²) in [6, 6.07) is 12.6. The van der Waals surface area contributed by atoms with Gasteiger partial charge in [-0.1, -0.05) is 12.1 Å². The van der Waals surface area contributed by atoms with Gasteiger partial charge in [-0.2, -0.15) is 5.10 Å². The van der Waals surface area contributed by atoms with Gasteiger partial charge in [-0.3, -0.25) is 9.59 Å². The highest BCUT2D eigenvalue weighted by atomic mass is 16.5. The van der Waals surface area contributed by atoms with Crippen molar-refractivity contribution in [3.05, 3.63) is 76.6 Å². The summed E-state index contributed by atoms with van der Waals surface area (Å²) in [7, 11) is 1.59. The van der Waals surface area contributed by atoms with Crippen LogP contribution in [0.15, 0.2) is 48.7 Å². The standard InChI is InChI=1S/C25H28N4O4/c1-6-33-25(32)21-14-26-29(18(21)4)20-11-9-19(10-12-20)24(31)28(5)15-23(30)27-22-13-16(2)7-8-17(22)3/h7-14H,6,15H2,1-5H3,(H,27,30). The van der Waals surface area contributed by atoms with Crippen molar-refractivity contribution in [2.45, 2.75) is 27.7 Å². The van der Waals surface area contributed by atoms with E-state index in [2.05, 4.69) is 10.4 Å². The Morgan fingerprint density at radius 3 is 2.42 bits per heavy atom. The topological polar surface area (TPSA) is 93.5 Å². The Balaban J connectivity index is 1.67. The van der Waals surface area contributed by atoms with Crippen molar-refractivity contribution in [2.75, 3.05) is 25.5 Å². The van der Waals surface area contributed by atoms with Gasteiger partial charge in [0.2, 0.25) is 5.91 Å². The van der Waals surface area contributed by atoms with Gasteiger partial charge < -0.3 is 15.0 Å². The first kappa shape index (κ1) is 23.7. The van der Waals surface area contributed by atoms with Crippen LogP contribution in [0.3, 0.4) is 0 Å². The van der Waals surface area contributed by atoms with Gasteiger partial charge in [0.1, 0.15) is 5.56 Å². The van der Waals surface area contributed by atoms with E-state index in [9.17, 15) is 14.4 Å². The minimum absolute atomic E-state index is 0.0743. The van der Waals surface area contributed by atoms with Gasteiger partial charge in [0.25, 0.3) is 5.91 Å². The molecule has 33 heavy (non-hydrogen) atoms. The monoisotopic (exact) mass is 448 g/mol. The molecule has 1 aromatic heterocycles. The number of carbonyl (C=O) groups excluding carboxylic acids is 3. The molecule has 2 amide bonds. The number of hydrogen-bond donors (Lipinski definition) is 1. The highest BCUT2D eigenvalue weighted by Gasteiger charge is 2.18. The minimum atomic E-state index is -0.422. The summed E-state index contributed by atoms with van der Waals surface area (Å²) < 4.78 is 6.65. The molecule has 172 valence electrons. The number of aromatic nitrogens is 2. The van der Waals surface area contributed by atoms with Gasteiger partial charge in [0.05, 0.1) is 30.7 Å². The van der Waals surface area contributed by atoms with E-state index < -0.39 is 5.97 Å². The molecule has 0 saturated heterocycles. The number of nitrogens with zero attached hydrogens (tertiary/aromatic N) is 3. The number of likely N-dealkylation sites (N-methyl/N-ethyl adjacent to an activating group) is 1. The van der Waals surface area contributed by atoms with Crippen LogP contribution in [-0.4, -0.2) is 52.7 Å². The zero-order valence-electron chi connectivity index (χ0n) is 19.5. The van der Waals surface area contributed by atoms with E-state index in [-0.39, 0.29) is 25.0 Å². The maximum absolute atomic E-state index is 12.8. The van der Waals surface area contributed by atoms with Crippen LogP contribution in [0.25, 0.3) is 5.69 Å². The lowest BCUT2D eigenvalue weighted by atomic mass is 10.1. The molecule has 0 saturated carbocycles. The van der Waals surface area contributed by atoms with Crippen LogP contribution >= 0.6 is 0 Å². The van der Waals surface area contributed by atoms with Crippen LogP contribution in [0.1, 0.15) is 44.5 Å². The summed E-state index contributed by atoms with van der Waals surface area (Å²) >= 11 is 0. The first-order chi connectivity index (χ1) is 15.7. The highest BCUT2D eigenvalue weighted by molar-refractivity contribution is 5.99. The van der Waals surface area contributed by atoms with Gasteiger partial charge in [-0.25, -0.2) is 9.48 Å². The lowest BCUT2D eigenvalue weighted by molar-refractivity contribution is -0.116. The van der Waals surface area contributed by atoms with Crippen molar-refractivity contribution < 1.29 is 19.1 Å². The number of nitrogens with one attached hydrogen (secondary N) is 1. The molecule has 8 heteroatoms. The van der Waals surface area contributed by atoms with E-state index >= 15 is 0 Å². The predicted octanol–water partition coefficient (Wildman–Crippen LogP) is 3.68. The molecular formula is C25H28N4O4. The second-order valence-corrected chi connectivity index (χ2v) is 7.85. The molecule has 0 aliphatic rings. The Morgan fingerprint density at radius 2 is 1.76 bits per heavy atom. The summed E-state index contributed by atoms with van der Waals surface area (Å²) in [5.41, 5.74) is 4.92. The zero-order chi connectivity index (χ0) is 24.1. The number of ether oxygens (including phenoxy) is 1. The molecule has 3 aromatic rings. The Morgan fingerprint density at radius 1 is 1.06 bits per heavy atom. The number of amides is 2. The van der Waals surface area contributed by atoms with E-state index in [0.29, 0.717) is 22.5 Å². The van der Waals surface area contributed by atoms with E-state index in [1.807, 2.05) is 32.0 Å². The molecule has 0 unspecified atom stereocenters. The smallest absolute Gasteiger partial charge is 0.341 e. The summed E-state index contributed by atoms with van der Waals surface area (Å²) in [6.45, 7) is 7.61. The predicted molar refractivity (Wildman–Crippen MR) is 126 cm³/mol. The van der Waals surface area contributed by atoms with Crippen molar-refractivity contribution in [2.24, 2.45) is 0 Å². The lowest BCUT2D eigenvalue weighted by Gasteiger charge is -2.18. The molecule has 0 bridgehead atoms. The van der Waals surface area contributed by atoms with Gasteiger partial charge in [-0.05, 0) is 69.2 Å². The summed E-state index contributed by atoms with van der Waals surface area (Å²) in [5.74, 6) is -0.967. The zero-order valence-corrected chi connectivity index (χ0v) is 19.5. The SMILES string of the molecule is CCOC(=O)c1cnn(-c2ccc(C(=O)N(C)CC(=O)Nc3cc(C)ccc3C)cc2)c1C. The quantitative estimate of drug-likeness (QED) is 0.557. The number of rotatable bonds is 7. The van der Waals surface area contributed by atoms with Crippen LogP contribution in [-0.2, 0) is 9.53 Å². The molecule has 0 aliphatic heterocycles. The Kier molecular flexibility index (Phi) is 7.27. The number of esters is 1. The van der Waals surface area contributed by atoms with Crippen molar-refractivity contribution in [1.29, 1.82) is 0 Å². The molecule has 0 radical (unpaired) electrons. The van der Waals surface area contributed by atoms with Crippen molar-refractivity contribution >= 4 is 23.5 Å². The van der Waals surface area contributed by atoms with E-state index in [4.69, 9.17) is 4.74 Å². The molecule has 0 fully saturated rings. The fourth-order valence-corrected chi connectivity index (χ4v) is 3.39. The van der Waals surface area contributed by atoms with Crippen LogP contribution in [0.4, 0.5) is 5.69 Å². The first-order valence-corrected chi connectivity index (χ1v) is 10.7. The maximum atomic E-state index is 12.8. The van der Waals surface area contributed by atoms with Crippen molar-refractivity contribution in [1.82, 2.24) is 14.7 Å². The average molecular weight is 449 g/mol. The molecule has 0 spiro atoms. The van der Waals surface area contributed by atoms with E-state index in [1.165, 1.54) is 11.1 Å². The second kappa shape index (κ2) is 10.1. The van der Waals surface area contributed by atoms with E-state index in [1.54, 1.807) is 49.8 Å². The molecule has 0 aliphatic carbocycles. The first-order valence-electron chi connectivity index (χ1n) is 10.7. The lowest BCUT2D eigenvalue weighted by Crippen LogP contribution is -2.35. The number of aryl methyl sites for hydroxylation is 2. The number of benzene rings is 2. The number of carbonyl (C=O) groups is 3. The molecule has 1 heterocycles. The number of hydrogen-bond acceptors (Lipinski definition) is 5. The molecule has 2 aromatic carbocycles. The summed E-state index contributed by atoms with van der Waals surface area (Å²) in [6.07, 6.45) is 1.47. The molecule has 8 nitrogen and oxygen atoms in total. The normalized spacial score (nSPS) is 10.6.